The highest BCUT2D eigenvalue weighted by Crippen LogP contribution is 2.41. The van der Waals surface area contributed by atoms with E-state index in [-0.39, 0.29) is 11.6 Å². The first kappa shape index (κ1) is 25.0. The molecule has 2 aromatic heterocycles. The zero-order valence-corrected chi connectivity index (χ0v) is 22.1. The molecule has 2 aliphatic heterocycles. The highest BCUT2D eigenvalue weighted by molar-refractivity contribution is 8.01. The number of halogens is 1. The van der Waals surface area contributed by atoms with Gasteiger partial charge in [0.05, 0.1) is 28.9 Å². The quantitative estimate of drug-likeness (QED) is 0.381. The minimum atomic E-state index is -1.15. The van der Waals surface area contributed by atoms with Crippen LogP contribution in [0.2, 0.25) is 5.02 Å². The van der Waals surface area contributed by atoms with Crippen LogP contribution in [0, 0.1) is 26.7 Å². The lowest BCUT2D eigenvalue weighted by atomic mass is 10.0. The van der Waals surface area contributed by atoms with E-state index < -0.39 is 29.2 Å². The number of thioether (sulfide) groups is 2. The molecule has 0 spiro atoms. The third-order valence-electron chi connectivity index (χ3n) is 5.61. The number of hydrogen-bond donors (Lipinski definition) is 2. The number of aryl methyl sites for hydroxylation is 2. The van der Waals surface area contributed by atoms with Crippen molar-refractivity contribution in [2.24, 2.45) is 5.92 Å². The van der Waals surface area contributed by atoms with Gasteiger partial charge in [0.2, 0.25) is 5.91 Å². The Hall–Kier alpha value is -2.09. The molecule has 3 atom stereocenters. The second-order valence-corrected chi connectivity index (χ2v) is 12.0. The van der Waals surface area contributed by atoms with E-state index >= 15 is 0 Å². The highest BCUT2D eigenvalue weighted by Gasteiger charge is 2.54. The van der Waals surface area contributed by atoms with Gasteiger partial charge in [-0.3, -0.25) is 19.2 Å². The molecule has 0 aromatic carbocycles. The van der Waals surface area contributed by atoms with E-state index in [1.807, 2.05) is 13.8 Å². The predicted octanol–water partition coefficient (Wildman–Crippen LogP) is 2.48. The van der Waals surface area contributed by atoms with Gasteiger partial charge in [0.25, 0.3) is 5.91 Å². The number of rotatable bonds is 8. The van der Waals surface area contributed by atoms with Crippen molar-refractivity contribution in [1.82, 2.24) is 30.2 Å². The minimum absolute atomic E-state index is 0.00156. The number of nitrogens with one attached hydrogen (secondary N) is 1. The van der Waals surface area contributed by atoms with E-state index in [2.05, 4.69) is 20.6 Å². The van der Waals surface area contributed by atoms with Crippen LogP contribution in [0.5, 0.6) is 0 Å². The number of carboxylic acid groups (broad SMARTS) is 1. The Bertz CT molecular complexity index is 1200. The molecule has 2 amide bonds. The van der Waals surface area contributed by atoms with Gasteiger partial charge in [-0.25, -0.2) is 4.79 Å². The van der Waals surface area contributed by atoms with Crippen molar-refractivity contribution in [3.8, 4) is 0 Å². The number of carboxylic acids is 1. The number of carbonyl (C=O) groups is 3. The fourth-order valence-corrected chi connectivity index (χ4v) is 7.21. The molecule has 0 bridgehead atoms. The molecule has 2 N–H and O–H groups in total. The molecule has 0 radical (unpaired) electrons. The van der Waals surface area contributed by atoms with Crippen LogP contribution in [-0.4, -0.2) is 70.7 Å². The Morgan fingerprint density at radius 2 is 2.06 bits per heavy atom. The van der Waals surface area contributed by atoms with Crippen molar-refractivity contribution in [3.63, 3.8) is 0 Å². The normalized spacial score (nSPS) is 20.7. The average Bonchev–Trinajstić information content (AvgIpc) is 3.32. The van der Waals surface area contributed by atoms with Gasteiger partial charge in [0.15, 0.2) is 4.34 Å². The lowest BCUT2D eigenvalue weighted by Crippen LogP contribution is -2.71. The third kappa shape index (κ3) is 4.70. The molecule has 0 saturated carbocycles. The molecule has 2 aliphatic rings. The van der Waals surface area contributed by atoms with Gasteiger partial charge >= 0.3 is 5.97 Å². The van der Waals surface area contributed by atoms with Crippen molar-refractivity contribution in [2.45, 2.75) is 50.0 Å². The maximum atomic E-state index is 12.9. The predicted molar refractivity (Wildman–Crippen MR) is 131 cm³/mol. The molecule has 34 heavy (non-hydrogen) atoms. The van der Waals surface area contributed by atoms with Gasteiger partial charge in [-0.05, 0) is 26.3 Å². The van der Waals surface area contributed by atoms with E-state index in [9.17, 15) is 19.5 Å². The van der Waals surface area contributed by atoms with Crippen LogP contribution in [0.1, 0.15) is 23.3 Å². The highest BCUT2D eigenvalue weighted by atomic mass is 35.5. The number of amides is 2. The van der Waals surface area contributed by atoms with Gasteiger partial charge in [0.1, 0.15) is 22.1 Å². The summed E-state index contributed by atoms with van der Waals surface area (Å²) >= 11 is 10.5. The standard InChI is InChI=1S/C20H23ClN6O4S3/c1-8(5-26-10(3)13(21)9(2)25-26)16(28)22-14-17(29)27-15(19(30)31)12(6-32-18(14)27)7-33-20-24-23-11(4)34-20/h8,14,18H,5-7H2,1-4H3,(H,22,28)(H,30,31)/t8-,14-,18-/m1/s1. The van der Waals surface area contributed by atoms with Gasteiger partial charge in [-0.15, -0.1) is 22.0 Å². The Balaban J connectivity index is 1.41. The molecule has 0 unspecified atom stereocenters. The molecule has 1 saturated heterocycles. The number of aliphatic carboxylic acids is 1. The second kappa shape index (κ2) is 9.88. The van der Waals surface area contributed by atoms with Crippen molar-refractivity contribution in [2.75, 3.05) is 11.5 Å². The molecule has 182 valence electrons. The summed E-state index contributed by atoms with van der Waals surface area (Å²) < 4.78 is 2.43. The molecule has 4 heterocycles. The number of carbonyl (C=O) groups excluding carboxylic acids is 2. The maximum Gasteiger partial charge on any atom is 0.352 e. The number of fused-ring (bicyclic) bond motifs is 1. The Kier molecular flexibility index (Phi) is 7.27. The van der Waals surface area contributed by atoms with E-state index in [1.165, 1.54) is 39.8 Å². The molecule has 0 aliphatic carbocycles. The Morgan fingerprint density at radius 1 is 1.32 bits per heavy atom. The van der Waals surface area contributed by atoms with Gasteiger partial charge in [-0.2, -0.15) is 5.10 Å². The lowest BCUT2D eigenvalue weighted by Gasteiger charge is -2.49. The fraction of sp³-hybridized carbons (Fsp3) is 0.500. The van der Waals surface area contributed by atoms with Gasteiger partial charge in [-0.1, -0.05) is 41.6 Å². The first-order valence-corrected chi connectivity index (χ1v) is 13.6. The van der Waals surface area contributed by atoms with Gasteiger partial charge < -0.3 is 10.4 Å². The summed E-state index contributed by atoms with van der Waals surface area (Å²) in [6, 6.07) is -0.765. The first-order chi connectivity index (χ1) is 16.1. The van der Waals surface area contributed by atoms with Crippen LogP contribution in [0.3, 0.4) is 0 Å². The zero-order valence-electron chi connectivity index (χ0n) is 18.9. The summed E-state index contributed by atoms with van der Waals surface area (Å²) in [5.74, 6) is -1.47. The van der Waals surface area contributed by atoms with E-state index in [0.29, 0.717) is 34.3 Å². The molecular weight excluding hydrogens is 520 g/mol. The largest absolute Gasteiger partial charge is 0.477 e. The molecule has 1 fully saturated rings. The summed E-state index contributed by atoms with van der Waals surface area (Å²) in [6.07, 6.45) is 0. The summed E-state index contributed by atoms with van der Waals surface area (Å²) in [7, 11) is 0. The van der Waals surface area contributed by atoms with Crippen LogP contribution in [0.4, 0.5) is 0 Å². The summed E-state index contributed by atoms with van der Waals surface area (Å²) in [5.41, 5.74) is 2.12. The van der Waals surface area contributed by atoms with Crippen molar-refractivity contribution >= 4 is 64.2 Å². The SMILES string of the molecule is Cc1nnc(SCC2=C(C(=O)O)N3C(=O)[C@@H](NC(=O)[C@H](C)Cn4nc(C)c(Cl)c4C)[C@H]3SC2)s1. The molecule has 14 heteroatoms. The minimum Gasteiger partial charge on any atom is -0.477 e. The monoisotopic (exact) mass is 542 g/mol. The number of β-lactam (4-membered cyclic amide) rings is 1. The van der Waals surface area contributed by atoms with Crippen LogP contribution >= 0.6 is 46.5 Å². The summed E-state index contributed by atoms with van der Waals surface area (Å²) in [4.78, 5) is 39.0. The number of aromatic nitrogens is 4. The van der Waals surface area contributed by atoms with Crippen LogP contribution in [0.15, 0.2) is 15.6 Å². The second-order valence-electron chi connectivity index (χ2n) is 8.10. The van der Waals surface area contributed by atoms with Crippen molar-refractivity contribution < 1.29 is 19.5 Å². The van der Waals surface area contributed by atoms with Crippen LogP contribution < -0.4 is 5.32 Å². The first-order valence-electron chi connectivity index (χ1n) is 10.4. The molecule has 10 nitrogen and oxygen atoms in total. The maximum absolute atomic E-state index is 12.9. The zero-order chi connectivity index (χ0) is 24.7. The molecular formula is C20H23ClN6O4S3. The van der Waals surface area contributed by atoms with Crippen molar-refractivity contribution in [1.29, 1.82) is 0 Å². The average molecular weight is 543 g/mol. The summed E-state index contributed by atoms with van der Waals surface area (Å²) in [5, 5.41) is 25.9. The van der Waals surface area contributed by atoms with E-state index in [0.717, 1.165) is 15.0 Å². The van der Waals surface area contributed by atoms with Crippen molar-refractivity contribution in [3.05, 3.63) is 32.7 Å². The fourth-order valence-electron chi connectivity index (χ4n) is 3.77. The Labute approximate surface area is 213 Å². The van der Waals surface area contributed by atoms with Crippen LogP contribution in [0.25, 0.3) is 0 Å². The smallest absolute Gasteiger partial charge is 0.352 e. The van der Waals surface area contributed by atoms with E-state index in [4.69, 9.17) is 11.6 Å². The van der Waals surface area contributed by atoms with Gasteiger partial charge in [0, 0.05) is 11.5 Å². The summed E-state index contributed by atoms with van der Waals surface area (Å²) in [6.45, 7) is 7.56. The lowest BCUT2D eigenvalue weighted by molar-refractivity contribution is -0.151. The third-order valence-corrected chi connectivity index (χ3v) is 9.56. The number of hydrogen-bond acceptors (Lipinski definition) is 9. The van der Waals surface area contributed by atoms with E-state index in [1.54, 1.807) is 18.5 Å². The molecule has 4 rings (SSSR count). The number of nitrogens with zero attached hydrogens (tertiary/aromatic N) is 5. The Morgan fingerprint density at radius 3 is 2.65 bits per heavy atom. The topological polar surface area (TPSA) is 130 Å². The molecule has 2 aromatic rings. The van der Waals surface area contributed by atoms with Crippen LogP contribution in [-0.2, 0) is 20.9 Å².